The fourth-order valence-electron chi connectivity index (χ4n) is 0. The van der Waals surface area contributed by atoms with Crippen LogP contribution >= 0.6 is 23.2 Å². The first-order valence-electron chi connectivity index (χ1n) is 1.94. The molecule has 0 atom stereocenters. The average molecular weight is 114 g/mol. The molecule has 0 N–H and O–H groups in total. The van der Waals surface area contributed by atoms with Gasteiger partial charge in [0.15, 0.2) is 0 Å². The van der Waals surface area contributed by atoms with Gasteiger partial charge in [-0.3, -0.25) is 0 Å². The molecule has 0 nitrogen and oxygen atoms in total. The average Bonchev–Trinajstić information content (AvgIpc) is 1.35. The largest absolute Gasteiger partial charge is 0.112 e. The van der Waals surface area contributed by atoms with E-state index < -0.39 is 4.33 Å². The lowest BCUT2D eigenvalue weighted by Crippen LogP contribution is -1.93. The third kappa shape index (κ3) is 90.6. The number of hydrogen-bond acceptors (Lipinski definition) is 0. The first-order valence-corrected chi connectivity index (χ1v) is 1.99. The molecule has 0 saturated heterocycles. The number of alkyl halides is 2. The fraction of sp³-hybridized carbons (Fsp3) is 1.00. The maximum absolute atomic E-state index is 6.59. The van der Waals surface area contributed by atoms with Crippen LogP contribution in [0.2, 0.25) is 0 Å². The summed E-state index contributed by atoms with van der Waals surface area (Å²) in [5, 5.41) is 0. The van der Waals surface area contributed by atoms with Crippen molar-refractivity contribution >= 4 is 23.2 Å². The zero-order valence-corrected chi connectivity index (χ0v) is 4.47. The summed E-state index contributed by atoms with van der Waals surface area (Å²) in [5.74, 6) is 0. The quantitative estimate of drug-likeness (QED) is 0.423. The van der Waals surface area contributed by atoms with Crippen LogP contribution in [0.3, 0.4) is 0 Å². The second-order valence-corrected chi connectivity index (χ2v) is 2.93. The Kier molecular flexibility index (Phi) is 1.02. The van der Waals surface area contributed by atoms with Crippen molar-refractivity contribution in [1.82, 2.24) is 0 Å². The number of halogens is 2. The lowest BCUT2D eigenvalue weighted by atomic mass is 10.6. The summed E-state index contributed by atoms with van der Waals surface area (Å²) in [5.41, 5.74) is 0. The van der Waals surface area contributed by atoms with E-state index in [0.717, 1.165) is 0 Å². The summed E-state index contributed by atoms with van der Waals surface area (Å²) in [4.78, 5) is 0. The van der Waals surface area contributed by atoms with E-state index in [9.17, 15) is 0 Å². The lowest BCUT2D eigenvalue weighted by molar-refractivity contribution is 0.995. The van der Waals surface area contributed by atoms with E-state index in [1.807, 2.05) is 0 Å². The highest BCUT2D eigenvalue weighted by molar-refractivity contribution is 6.47. The van der Waals surface area contributed by atoms with Crippen LogP contribution in [-0.2, 0) is 0 Å². The molecule has 0 aliphatic carbocycles. The van der Waals surface area contributed by atoms with E-state index >= 15 is 0 Å². The minimum Gasteiger partial charge on any atom is -0.102 e. The molecule has 0 aromatic heterocycles. The summed E-state index contributed by atoms with van der Waals surface area (Å²) in [7, 11) is 0. The highest BCUT2D eigenvalue weighted by atomic mass is 35.5. The Hall–Kier alpha value is 0.580. The number of hydrogen-bond donors (Lipinski definition) is 0. The molecule has 0 aliphatic heterocycles. The Morgan fingerprint density at radius 1 is 1.80 bits per heavy atom. The molecule has 0 heterocycles. The lowest BCUT2D eigenvalue weighted by Gasteiger charge is -1.98. The van der Waals surface area contributed by atoms with E-state index in [1.165, 1.54) is 0 Å². The molecule has 2 heteroatoms. The summed E-state index contributed by atoms with van der Waals surface area (Å²) in [6, 6.07) is 0. The molecule has 0 amide bonds. The topological polar surface area (TPSA) is 0 Å². The summed E-state index contributed by atoms with van der Waals surface area (Å²) < 4.78 is 5.74. The molecule has 5 heavy (non-hydrogen) atoms. The van der Waals surface area contributed by atoms with E-state index in [2.05, 4.69) is 0 Å². The Morgan fingerprint density at radius 3 is 2.00 bits per heavy atom. The van der Waals surface area contributed by atoms with Crippen LogP contribution in [0.25, 0.3) is 0 Å². The monoisotopic (exact) mass is 113 g/mol. The van der Waals surface area contributed by atoms with Crippen molar-refractivity contribution in [3.63, 3.8) is 0 Å². The predicted octanol–water partition coefficient (Wildman–Crippen LogP) is 2.20. The van der Waals surface area contributed by atoms with Gasteiger partial charge in [0.2, 0.25) is 0 Å². The Balaban J connectivity index is 3.17. The second kappa shape index (κ2) is 1.36. The predicted molar refractivity (Wildman–Crippen MR) is 25.8 cm³/mol. The zero-order valence-electron chi connectivity index (χ0n) is 3.96. The molecule has 32 valence electrons. The summed E-state index contributed by atoms with van der Waals surface area (Å²) >= 11 is 10.6. The third-order valence-electron chi connectivity index (χ3n) is 0. The van der Waals surface area contributed by atoms with Crippen LogP contribution in [0.5, 0.6) is 0 Å². The van der Waals surface area contributed by atoms with E-state index in [0.29, 0.717) is 0 Å². The van der Waals surface area contributed by atoms with Crippen LogP contribution in [-0.4, -0.2) is 4.33 Å². The molecule has 0 bridgehead atoms. The van der Waals surface area contributed by atoms with Crippen LogP contribution in [0.4, 0.5) is 0 Å². The van der Waals surface area contributed by atoms with Gasteiger partial charge in [0.05, 0.1) is 0 Å². The summed E-state index contributed by atoms with van der Waals surface area (Å²) in [6.07, 6.45) is 0. The molecular formula is C3H6Cl2. The third-order valence-corrected chi connectivity index (χ3v) is 0. The van der Waals surface area contributed by atoms with Gasteiger partial charge < -0.3 is 0 Å². The van der Waals surface area contributed by atoms with Crippen LogP contribution < -0.4 is 0 Å². The van der Waals surface area contributed by atoms with Crippen LogP contribution in [0.1, 0.15) is 15.2 Å². The first-order chi connectivity index (χ1) is 2.56. The smallest absolute Gasteiger partial charge is 0.102 e. The van der Waals surface area contributed by atoms with Crippen molar-refractivity contribution in [2.75, 3.05) is 0 Å². The van der Waals surface area contributed by atoms with Crippen molar-refractivity contribution < 1.29 is 1.37 Å². The fourth-order valence-corrected chi connectivity index (χ4v) is 0. The van der Waals surface area contributed by atoms with Crippen LogP contribution in [0, 0.1) is 0 Å². The van der Waals surface area contributed by atoms with Gasteiger partial charge in [0, 0.05) is 1.37 Å². The van der Waals surface area contributed by atoms with E-state index in [1.54, 1.807) is 6.92 Å². The molecule has 0 fully saturated rings. The molecule has 0 saturated carbocycles. The zero-order chi connectivity index (χ0) is 5.21. The Labute approximate surface area is 43.5 Å². The molecule has 0 aliphatic rings. The highest BCUT2D eigenvalue weighted by Gasteiger charge is 2.03. The van der Waals surface area contributed by atoms with Gasteiger partial charge in [-0.15, -0.1) is 23.2 Å². The Bertz CT molecular complexity index is 38.5. The molecule has 0 rings (SSSR count). The van der Waals surface area contributed by atoms with Crippen LogP contribution in [0.15, 0.2) is 0 Å². The maximum atomic E-state index is 6.59. The molecule has 0 unspecified atom stereocenters. The van der Waals surface area contributed by atoms with Crippen molar-refractivity contribution in [3.8, 4) is 0 Å². The van der Waals surface area contributed by atoms with Gasteiger partial charge in [-0.2, -0.15) is 0 Å². The first kappa shape index (κ1) is 3.76. The maximum Gasteiger partial charge on any atom is 0.112 e. The SMILES string of the molecule is [2H]CC(C)(Cl)Cl. The van der Waals surface area contributed by atoms with Crippen molar-refractivity contribution in [1.29, 1.82) is 0 Å². The normalized spacial score (nSPS) is 14.6. The molecule has 0 spiro atoms. The second-order valence-electron chi connectivity index (χ2n) is 1.07. The van der Waals surface area contributed by atoms with Gasteiger partial charge in [0.1, 0.15) is 4.33 Å². The molecule has 0 radical (unpaired) electrons. The van der Waals surface area contributed by atoms with Crippen molar-refractivity contribution in [3.05, 3.63) is 0 Å². The number of rotatable bonds is 0. The minimum atomic E-state index is -0.847. The van der Waals surface area contributed by atoms with Gasteiger partial charge in [0.25, 0.3) is 0 Å². The van der Waals surface area contributed by atoms with Gasteiger partial charge in [-0.05, 0) is 13.8 Å². The van der Waals surface area contributed by atoms with Gasteiger partial charge in [-0.1, -0.05) is 0 Å². The minimum absolute atomic E-state index is 0.0517. The van der Waals surface area contributed by atoms with E-state index in [4.69, 9.17) is 24.6 Å². The van der Waals surface area contributed by atoms with Crippen molar-refractivity contribution in [2.24, 2.45) is 0 Å². The molecular weight excluding hydrogens is 107 g/mol. The van der Waals surface area contributed by atoms with Gasteiger partial charge in [-0.25, -0.2) is 0 Å². The standard InChI is InChI=1S/C3H6Cl2/c1-3(2,4)5/h1-2H3/i1D. The molecule has 0 aromatic carbocycles. The highest BCUT2D eigenvalue weighted by Crippen LogP contribution is 2.16. The Morgan fingerprint density at radius 2 is 2.00 bits per heavy atom. The van der Waals surface area contributed by atoms with E-state index in [-0.39, 0.29) is 6.90 Å². The molecule has 0 aromatic rings. The summed E-state index contributed by atoms with van der Waals surface area (Å²) in [6.45, 7) is 1.64. The van der Waals surface area contributed by atoms with Gasteiger partial charge >= 0.3 is 0 Å². The van der Waals surface area contributed by atoms with Crippen molar-refractivity contribution in [2.45, 2.75) is 18.2 Å².